The van der Waals surface area contributed by atoms with Crippen molar-refractivity contribution in [3.63, 3.8) is 0 Å². The number of aromatic carboxylic acids is 1. The van der Waals surface area contributed by atoms with Crippen LogP contribution in [0, 0.1) is 0 Å². The molecule has 1 atom stereocenters. The van der Waals surface area contributed by atoms with Crippen molar-refractivity contribution in [3.8, 4) is 5.75 Å². The SMILES string of the molecule is CCCCCCC(C)Oc1ccc(C(=O)O)nc1. The van der Waals surface area contributed by atoms with Crippen molar-refractivity contribution in [2.45, 2.75) is 52.1 Å². The fourth-order valence-electron chi connectivity index (χ4n) is 1.73. The number of carbonyl (C=O) groups is 1. The number of nitrogens with zero attached hydrogens (tertiary/aromatic N) is 1. The molecule has 0 spiro atoms. The second kappa shape index (κ2) is 7.69. The summed E-state index contributed by atoms with van der Waals surface area (Å²) in [6.07, 6.45) is 7.51. The molecule has 0 amide bonds. The molecule has 1 heterocycles. The van der Waals surface area contributed by atoms with Crippen LogP contribution >= 0.6 is 0 Å². The van der Waals surface area contributed by atoms with Gasteiger partial charge in [0.1, 0.15) is 11.4 Å². The molecule has 100 valence electrons. The molecule has 0 fully saturated rings. The van der Waals surface area contributed by atoms with Gasteiger partial charge >= 0.3 is 5.97 Å². The Hall–Kier alpha value is -1.58. The van der Waals surface area contributed by atoms with Crippen molar-refractivity contribution in [1.29, 1.82) is 0 Å². The maximum absolute atomic E-state index is 10.6. The summed E-state index contributed by atoms with van der Waals surface area (Å²) in [5.74, 6) is -0.392. The van der Waals surface area contributed by atoms with Gasteiger partial charge in [-0.05, 0) is 31.9 Å². The van der Waals surface area contributed by atoms with Crippen LogP contribution in [0.25, 0.3) is 0 Å². The third-order valence-electron chi connectivity index (χ3n) is 2.76. The van der Waals surface area contributed by atoms with Gasteiger partial charge in [-0.25, -0.2) is 9.78 Å². The van der Waals surface area contributed by atoms with E-state index in [0.29, 0.717) is 5.75 Å². The first-order valence-corrected chi connectivity index (χ1v) is 6.49. The molecule has 0 saturated carbocycles. The molecule has 0 aliphatic carbocycles. The lowest BCUT2D eigenvalue weighted by molar-refractivity contribution is 0.0690. The van der Waals surface area contributed by atoms with E-state index in [9.17, 15) is 4.79 Å². The van der Waals surface area contributed by atoms with Crippen molar-refractivity contribution in [3.05, 3.63) is 24.0 Å². The van der Waals surface area contributed by atoms with Crippen LogP contribution in [-0.4, -0.2) is 22.2 Å². The van der Waals surface area contributed by atoms with Crippen LogP contribution in [0.3, 0.4) is 0 Å². The first-order chi connectivity index (χ1) is 8.63. The summed E-state index contributed by atoms with van der Waals surface area (Å²) < 4.78 is 5.67. The molecule has 0 aromatic carbocycles. The normalized spacial score (nSPS) is 12.1. The molecular formula is C14H21NO3. The standard InChI is InChI=1S/C14H21NO3/c1-3-4-5-6-7-11(2)18-12-8-9-13(14(16)17)15-10-12/h8-11H,3-7H2,1-2H3,(H,16,17). The predicted molar refractivity (Wildman–Crippen MR) is 70.0 cm³/mol. The van der Waals surface area contributed by atoms with E-state index < -0.39 is 5.97 Å². The molecule has 1 aromatic rings. The highest BCUT2D eigenvalue weighted by Gasteiger charge is 2.07. The van der Waals surface area contributed by atoms with Gasteiger partial charge in [0.25, 0.3) is 0 Å². The fraction of sp³-hybridized carbons (Fsp3) is 0.571. The second-order valence-corrected chi connectivity index (χ2v) is 4.46. The van der Waals surface area contributed by atoms with Crippen LogP contribution in [0.1, 0.15) is 56.4 Å². The van der Waals surface area contributed by atoms with Gasteiger partial charge in [-0.3, -0.25) is 0 Å². The van der Waals surface area contributed by atoms with E-state index in [1.807, 2.05) is 6.92 Å². The van der Waals surface area contributed by atoms with Crippen LogP contribution in [0.15, 0.2) is 18.3 Å². The molecule has 0 saturated heterocycles. The van der Waals surface area contributed by atoms with E-state index in [1.54, 1.807) is 6.07 Å². The van der Waals surface area contributed by atoms with Crippen LogP contribution < -0.4 is 4.74 Å². The Kier molecular flexibility index (Phi) is 6.19. The van der Waals surface area contributed by atoms with Crippen LogP contribution in [-0.2, 0) is 0 Å². The number of ether oxygens (including phenoxy) is 1. The van der Waals surface area contributed by atoms with E-state index >= 15 is 0 Å². The highest BCUT2D eigenvalue weighted by Crippen LogP contribution is 2.14. The van der Waals surface area contributed by atoms with E-state index in [4.69, 9.17) is 9.84 Å². The zero-order valence-corrected chi connectivity index (χ0v) is 11.1. The zero-order valence-electron chi connectivity index (χ0n) is 11.1. The van der Waals surface area contributed by atoms with Crippen molar-refractivity contribution < 1.29 is 14.6 Å². The summed E-state index contributed by atoms with van der Waals surface area (Å²) in [4.78, 5) is 14.5. The van der Waals surface area contributed by atoms with Crippen molar-refractivity contribution >= 4 is 5.97 Å². The largest absolute Gasteiger partial charge is 0.489 e. The lowest BCUT2D eigenvalue weighted by atomic mass is 10.1. The molecule has 0 aliphatic rings. The number of hydrogen-bond acceptors (Lipinski definition) is 3. The number of carboxylic acid groups (broad SMARTS) is 1. The quantitative estimate of drug-likeness (QED) is 0.718. The highest BCUT2D eigenvalue weighted by atomic mass is 16.5. The first kappa shape index (κ1) is 14.5. The van der Waals surface area contributed by atoms with E-state index in [-0.39, 0.29) is 11.8 Å². The zero-order chi connectivity index (χ0) is 13.4. The minimum absolute atomic E-state index is 0.0398. The summed E-state index contributed by atoms with van der Waals surface area (Å²) in [7, 11) is 0. The van der Waals surface area contributed by atoms with E-state index in [0.717, 1.165) is 12.8 Å². The number of pyridine rings is 1. The van der Waals surface area contributed by atoms with Gasteiger partial charge in [0, 0.05) is 0 Å². The number of carboxylic acids is 1. The Morgan fingerprint density at radius 2 is 2.17 bits per heavy atom. The van der Waals surface area contributed by atoms with Gasteiger partial charge in [-0.15, -0.1) is 0 Å². The molecule has 18 heavy (non-hydrogen) atoms. The van der Waals surface area contributed by atoms with Gasteiger partial charge in [0.05, 0.1) is 12.3 Å². The third kappa shape index (κ3) is 5.17. The van der Waals surface area contributed by atoms with Gasteiger partial charge in [0.15, 0.2) is 0 Å². The summed E-state index contributed by atoms with van der Waals surface area (Å²) in [6, 6.07) is 3.11. The Labute approximate surface area is 108 Å². The first-order valence-electron chi connectivity index (χ1n) is 6.49. The Balaban J connectivity index is 2.35. The summed E-state index contributed by atoms with van der Waals surface area (Å²) >= 11 is 0. The Morgan fingerprint density at radius 3 is 2.72 bits per heavy atom. The number of hydrogen-bond donors (Lipinski definition) is 1. The molecule has 4 nitrogen and oxygen atoms in total. The summed E-state index contributed by atoms with van der Waals surface area (Å²) in [5.41, 5.74) is 0.0398. The average molecular weight is 251 g/mol. The molecule has 0 radical (unpaired) electrons. The average Bonchev–Trinajstić information content (AvgIpc) is 2.35. The van der Waals surface area contributed by atoms with Gasteiger partial charge in [-0.1, -0.05) is 26.2 Å². The molecule has 4 heteroatoms. The van der Waals surface area contributed by atoms with Gasteiger partial charge in [-0.2, -0.15) is 0 Å². The van der Waals surface area contributed by atoms with Gasteiger partial charge < -0.3 is 9.84 Å². The molecule has 1 aromatic heterocycles. The maximum Gasteiger partial charge on any atom is 0.354 e. The second-order valence-electron chi connectivity index (χ2n) is 4.46. The minimum Gasteiger partial charge on any atom is -0.489 e. The van der Waals surface area contributed by atoms with Crippen LogP contribution in [0.5, 0.6) is 5.75 Å². The Morgan fingerprint density at radius 1 is 1.39 bits per heavy atom. The number of aromatic nitrogens is 1. The lowest BCUT2D eigenvalue weighted by Crippen LogP contribution is -2.12. The third-order valence-corrected chi connectivity index (χ3v) is 2.76. The maximum atomic E-state index is 10.6. The molecule has 1 N–H and O–H groups in total. The Bertz CT molecular complexity index is 362. The number of rotatable bonds is 8. The molecule has 0 aliphatic heterocycles. The van der Waals surface area contributed by atoms with Crippen molar-refractivity contribution in [2.75, 3.05) is 0 Å². The molecule has 1 unspecified atom stereocenters. The minimum atomic E-state index is -1.02. The van der Waals surface area contributed by atoms with Crippen LogP contribution in [0.4, 0.5) is 0 Å². The van der Waals surface area contributed by atoms with E-state index in [2.05, 4.69) is 11.9 Å². The number of unbranched alkanes of at least 4 members (excludes halogenated alkanes) is 3. The van der Waals surface area contributed by atoms with E-state index in [1.165, 1.54) is 31.5 Å². The fourth-order valence-corrected chi connectivity index (χ4v) is 1.73. The lowest BCUT2D eigenvalue weighted by Gasteiger charge is -2.14. The molecular weight excluding hydrogens is 230 g/mol. The highest BCUT2D eigenvalue weighted by molar-refractivity contribution is 5.85. The monoisotopic (exact) mass is 251 g/mol. The molecule has 1 rings (SSSR count). The van der Waals surface area contributed by atoms with Crippen LogP contribution in [0.2, 0.25) is 0 Å². The smallest absolute Gasteiger partial charge is 0.354 e. The molecule has 0 bridgehead atoms. The van der Waals surface area contributed by atoms with Crippen molar-refractivity contribution in [2.24, 2.45) is 0 Å². The summed E-state index contributed by atoms with van der Waals surface area (Å²) in [5, 5.41) is 8.72. The summed E-state index contributed by atoms with van der Waals surface area (Å²) in [6.45, 7) is 4.21. The predicted octanol–water partition coefficient (Wildman–Crippen LogP) is 3.52. The van der Waals surface area contributed by atoms with Crippen molar-refractivity contribution in [1.82, 2.24) is 4.98 Å². The van der Waals surface area contributed by atoms with Gasteiger partial charge in [0.2, 0.25) is 0 Å². The topological polar surface area (TPSA) is 59.4 Å².